The minimum Gasteiger partial charge on any atom is -0.496 e. The molecule has 0 aliphatic heterocycles. The fourth-order valence-electron chi connectivity index (χ4n) is 2.34. The Bertz CT molecular complexity index is 408. The lowest BCUT2D eigenvalue weighted by Crippen LogP contribution is -2.29. The van der Waals surface area contributed by atoms with Gasteiger partial charge in [0.25, 0.3) is 0 Å². The zero-order valence-corrected chi connectivity index (χ0v) is 13.0. The highest BCUT2D eigenvalue weighted by molar-refractivity contribution is 5.38. The van der Waals surface area contributed by atoms with E-state index in [0.29, 0.717) is 0 Å². The summed E-state index contributed by atoms with van der Waals surface area (Å²) in [5.74, 6) is 0.880. The first-order valence-electron chi connectivity index (χ1n) is 6.76. The normalized spacial score (nSPS) is 13.7. The average Bonchev–Trinajstić information content (AvgIpc) is 2.26. The maximum Gasteiger partial charge on any atom is 0.123 e. The molecule has 0 aliphatic rings. The van der Waals surface area contributed by atoms with Crippen molar-refractivity contribution in [2.45, 2.75) is 40.3 Å². The van der Waals surface area contributed by atoms with Gasteiger partial charge in [-0.25, -0.2) is 0 Å². The van der Waals surface area contributed by atoms with E-state index in [9.17, 15) is 5.11 Å². The SMILES string of the molecule is COc1ccc(C(C)O)cc1CN(C)CC(C)(C)C. The third-order valence-corrected chi connectivity index (χ3v) is 2.97. The molecular formula is C16H27NO2. The molecule has 0 bridgehead atoms. The second kappa shape index (κ2) is 6.40. The summed E-state index contributed by atoms with van der Waals surface area (Å²) in [7, 11) is 3.80. The summed E-state index contributed by atoms with van der Waals surface area (Å²) in [6.45, 7) is 10.3. The molecule has 3 heteroatoms. The van der Waals surface area contributed by atoms with Crippen molar-refractivity contribution in [2.24, 2.45) is 5.41 Å². The summed E-state index contributed by atoms with van der Waals surface area (Å²) in [4.78, 5) is 2.28. The lowest BCUT2D eigenvalue weighted by atomic mass is 9.96. The van der Waals surface area contributed by atoms with Crippen LogP contribution in [0.1, 0.15) is 44.9 Å². The number of rotatable bonds is 5. The zero-order valence-electron chi connectivity index (χ0n) is 13.0. The lowest BCUT2D eigenvalue weighted by Gasteiger charge is -2.27. The number of methoxy groups -OCH3 is 1. The number of hydrogen-bond acceptors (Lipinski definition) is 3. The topological polar surface area (TPSA) is 32.7 Å². The van der Waals surface area contributed by atoms with E-state index < -0.39 is 6.10 Å². The van der Waals surface area contributed by atoms with E-state index in [1.807, 2.05) is 18.2 Å². The smallest absolute Gasteiger partial charge is 0.123 e. The zero-order chi connectivity index (χ0) is 14.6. The molecule has 1 rings (SSSR count). The van der Waals surface area contributed by atoms with E-state index >= 15 is 0 Å². The van der Waals surface area contributed by atoms with Crippen molar-refractivity contribution in [3.05, 3.63) is 29.3 Å². The van der Waals surface area contributed by atoms with Gasteiger partial charge >= 0.3 is 0 Å². The van der Waals surface area contributed by atoms with Gasteiger partial charge < -0.3 is 14.7 Å². The molecule has 0 heterocycles. The van der Waals surface area contributed by atoms with Gasteiger partial charge in [0.05, 0.1) is 13.2 Å². The molecule has 0 saturated heterocycles. The second-order valence-corrected chi connectivity index (χ2v) is 6.48. The summed E-state index contributed by atoms with van der Waals surface area (Å²) >= 11 is 0. The van der Waals surface area contributed by atoms with Crippen LogP contribution in [0.3, 0.4) is 0 Å². The molecule has 1 unspecified atom stereocenters. The van der Waals surface area contributed by atoms with Crippen LogP contribution >= 0.6 is 0 Å². The maximum absolute atomic E-state index is 9.68. The van der Waals surface area contributed by atoms with Crippen molar-refractivity contribution in [3.8, 4) is 5.75 Å². The number of hydrogen-bond donors (Lipinski definition) is 1. The van der Waals surface area contributed by atoms with Crippen LogP contribution in [0, 0.1) is 5.41 Å². The van der Waals surface area contributed by atoms with Gasteiger partial charge in [-0.15, -0.1) is 0 Å². The predicted octanol–water partition coefficient (Wildman–Crippen LogP) is 3.23. The number of benzene rings is 1. The molecule has 0 aliphatic carbocycles. The monoisotopic (exact) mass is 265 g/mol. The molecule has 1 aromatic carbocycles. The van der Waals surface area contributed by atoms with Crippen LogP contribution in [-0.2, 0) is 6.54 Å². The van der Waals surface area contributed by atoms with Gasteiger partial charge in [-0.1, -0.05) is 26.8 Å². The van der Waals surface area contributed by atoms with Gasteiger partial charge in [-0.3, -0.25) is 0 Å². The van der Waals surface area contributed by atoms with Gasteiger partial charge in [0, 0.05) is 18.7 Å². The van der Waals surface area contributed by atoms with Crippen molar-refractivity contribution in [1.29, 1.82) is 0 Å². The van der Waals surface area contributed by atoms with Crippen molar-refractivity contribution < 1.29 is 9.84 Å². The first kappa shape index (κ1) is 16.0. The van der Waals surface area contributed by atoms with Crippen molar-refractivity contribution in [3.63, 3.8) is 0 Å². The van der Waals surface area contributed by atoms with Gasteiger partial charge in [0.1, 0.15) is 5.75 Å². The van der Waals surface area contributed by atoms with Crippen LogP contribution in [0.5, 0.6) is 5.75 Å². The van der Waals surface area contributed by atoms with Gasteiger partial charge in [-0.05, 0) is 37.1 Å². The van der Waals surface area contributed by atoms with Gasteiger partial charge in [0.2, 0.25) is 0 Å². The highest BCUT2D eigenvalue weighted by Gasteiger charge is 2.15. The number of ether oxygens (including phenoxy) is 1. The molecule has 0 spiro atoms. The van der Waals surface area contributed by atoms with Crippen molar-refractivity contribution >= 4 is 0 Å². The molecule has 3 nitrogen and oxygen atoms in total. The Morgan fingerprint density at radius 3 is 2.42 bits per heavy atom. The Labute approximate surface area is 117 Å². The first-order valence-corrected chi connectivity index (χ1v) is 6.76. The van der Waals surface area contributed by atoms with Crippen LogP contribution in [-0.4, -0.2) is 30.7 Å². The highest BCUT2D eigenvalue weighted by atomic mass is 16.5. The van der Waals surface area contributed by atoms with Crippen molar-refractivity contribution in [1.82, 2.24) is 4.90 Å². The van der Waals surface area contributed by atoms with Crippen LogP contribution in [0.4, 0.5) is 0 Å². The maximum atomic E-state index is 9.68. The average molecular weight is 265 g/mol. The van der Waals surface area contributed by atoms with Gasteiger partial charge in [0.15, 0.2) is 0 Å². The van der Waals surface area contributed by atoms with E-state index in [-0.39, 0.29) is 5.41 Å². The highest BCUT2D eigenvalue weighted by Crippen LogP contribution is 2.25. The molecule has 1 aromatic rings. The Balaban J connectivity index is 2.88. The third kappa shape index (κ3) is 5.21. The van der Waals surface area contributed by atoms with E-state index in [0.717, 1.165) is 30.0 Å². The summed E-state index contributed by atoms with van der Waals surface area (Å²) in [6, 6.07) is 5.88. The van der Waals surface area contributed by atoms with Crippen molar-refractivity contribution in [2.75, 3.05) is 20.7 Å². The minimum absolute atomic E-state index is 0.268. The Hall–Kier alpha value is -1.06. The molecular weight excluding hydrogens is 238 g/mol. The van der Waals surface area contributed by atoms with Crippen LogP contribution < -0.4 is 4.74 Å². The van der Waals surface area contributed by atoms with Gasteiger partial charge in [-0.2, -0.15) is 0 Å². The molecule has 0 fully saturated rings. The third-order valence-electron chi connectivity index (χ3n) is 2.97. The van der Waals surface area contributed by atoms with E-state index in [2.05, 4.69) is 32.7 Å². The minimum atomic E-state index is -0.447. The molecule has 1 N–H and O–H groups in total. The standard InChI is InChI=1S/C16H27NO2/c1-12(18)13-7-8-15(19-6)14(9-13)10-17(5)11-16(2,3)4/h7-9,12,18H,10-11H2,1-6H3. The Morgan fingerprint density at radius 1 is 1.32 bits per heavy atom. The van der Waals surface area contributed by atoms with E-state index in [1.54, 1.807) is 14.0 Å². The Morgan fingerprint density at radius 2 is 1.95 bits per heavy atom. The fourth-order valence-corrected chi connectivity index (χ4v) is 2.34. The fraction of sp³-hybridized carbons (Fsp3) is 0.625. The molecule has 0 radical (unpaired) electrons. The number of aliphatic hydroxyl groups is 1. The Kier molecular flexibility index (Phi) is 5.39. The molecule has 0 amide bonds. The lowest BCUT2D eigenvalue weighted by molar-refractivity contribution is 0.198. The quantitative estimate of drug-likeness (QED) is 0.887. The summed E-state index contributed by atoms with van der Waals surface area (Å²) < 4.78 is 5.40. The predicted molar refractivity (Wildman–Crippen MR) is 79.4 cm³/mol. The first-order chi connectivity index (χ1) is 8.73. The molecule has 1 atom stereocenters. The van der Waals surface area contributed by atoms with Crippen LogP contribution in [0.15, 0.2) is 18.2 Å². The number of nitrogens with zero attached hydrogens (tertiary/aromatic N) is 1. The molecule has 0 aromatic heterocycles. The number of aliphatic hydroxyl groups excluding tert-OH is 1. The van der Waals surface area contributed by atoms with E-state index in [1.165, 1.54) is 0 Å². The van der Waals surface area contributed by atoms with Crippen LogP contribution in [0.2, 0.25) is 0 Å². The molecule has 108 valence electrons. The molecule has 19 heavy (non-hydrogen) atoms. The second-order valence-electron chi connectivity index (χ2n) is 6.48. The molecule has 0 saturated carbocycles. The largest absolute Gasteiger partial charge is 0.496 e. The summed E-state index contributed by atoms with van der Waals surface area (Å²) in [6.07, 6.45) is -0.447. The summed E-state index contributed by atoms with van der Waals surface area (Å²) in [5.41, 5.74) is 2.32. The van der Waals surface area contributed by atoms with E-state index in [4.69, 9.17) is 4.74 Å². The summed E-state index contributed by atoms with van der Waals surface area (Å²) in [5, 5.41) is 9.68. The van der Waals surface area contributed by atoms with Crippen LogP contribution in [0.25, 0.3) is 0 Å².